The number of carbonyl (C=O) groups is 2. The summed E-state index contributed by atoms with van der Waals surface area (Å²) < 4.78 is 1.34. The summed E-state index contributed by atoms with van der Waals surface area (Å²) in [5, 5.41) is 9.33. The Kier molecular flexibility index (Phi) is 4.88. The van der Waals surface area contributed by atoms with Crippen LogP contribution in [0.5, 0.6) is 0 Å². The average molecular weight is 358 g/mol. The number of carbonyl (C=O) groups excluding carboxylic acids is 2. The molecule has 0 atom stereocenters. The molecule has 0 saturated heterocycles. The summed E-state index contributed by atoms with van der Waals surface area (Å²) in [4.78, 5) is 43.5. The van der Waals surface area contributed by atoms with Crippen LogP contribution in [0.15, 0.2) is 10.9 Å². The molecule has 0 saturated carbocycles. The van der Waals surface area contributed by atoms with E-state index in [2.05, 4.69) is 25.7 Å². The van der Waals surface area contributed by atoms with Gasteiger partial charge in [0.25, 0.3) is 5.56 Å². The van der Waals surface area contributed by atoms with Crippen molar-refractivity contribution < 1.29 is 9.59 Å². The summed E-state index contributed by atoms with van der Waals surface area (Å²) >= 11 is 0. The zero-order valence-corrected chi connectivity index (χ0v) is 15.0. The Labute approximate surface area is 150 Å². The van der Waals surface area contributed by atoms with Crippen LogP contribution >= 0.6 is 0 Å². The van der Waals surface area contributed by atoms with Crippen LogP contribution in [0.25, 0.3) is 5.95 Å². The van der Waals surface area contributed by atoms with Gasteiger partial charge in [0, 0.05) is 17.7 Å². The highest BCUT2D eigenvalue weighted by Gasteiger charge is 2.21. The maximum Gasteiger partial charge on any atom is 0.314 e. The Hall–Kier alpha value is -2.97. The Morgan fingerprint density at radius 2 is 1.96 bits per heavy atom. The van der Waals surface area contributed by atoms with Gasteiger partial charge < -0.3 is 10.6 Å². The highest BCUT2D eigenvalue weighted by atomic mass is 16.2. The number of aromatic nitrogens is 4. The zero-order chi connectivity index (χ0) is 18.8. The van der Waals surface area contributed by atoms with Crippen molar-refractivity contribution in [2.75, 3.05) is 5.32 Å². The number of amides is 2. The number of anilines is 1. The van der Waals surface area contributed by atoms with Gasteiger partial charge in [-0.3, -0.25) is 19.4 Å². The molecule has 3 N–H and O–H groups in total. The number of H-pyrrole nitrogens is 1. The highest BCUT2D eigenvalue weighted by Crippen LogP contribution is 2.19. The second-order valence-electron chi connectivity index (χ2n) is 6.69. The molecule has 2 amide bonds. The van der Waals surface area contributed by atoms with E-state index < -0.39 is 11.8 Å². The predicted octanol–water partition coefficient (Wildman–Crippen LogP) is 0.606. The number of hydrogen-bond donors (Lipinski definition) is 3. The molecule has 0 aliphatic heterocycles. The Morgan fingerprint density at radius 1 is 1.23 bits per heavy atom. The lowest BCUT2D eigenvalue weighted by Crippen LogP contribution is -2.39. The molecule has 26 heavy (non-hydrogen) atoms. The van der Waals surface area contributed by atoms with Crippen LogP contribution in [0.3, 0.4) is 0 Å². The molecule has 0 fully saturated rings. The quantitative estimate of drug-likeness (QED) is 0.694. The van der Waals surface area contributed by atoms with Crippen LogP contribution in [0, 0.1) is 6.92 Å². The summed E-state index contributed by atoms with van der Waals surface area (Å²) in [6.45, 7) is 5.28. The monoisotopic (exact) mass is 358 g/mol. The van der Waals surface area contributed by atoms with E-state index in [1.165, 1.54) is 4.68 Å². The van der Waals surface area contributed by atoms with Gasteiger partial charge in [0.1, 0.15) is 5.82 Å². The van der Waals surface area contributed by atoms with Crippen molar-refractivity contribution in [1.82, 2.24) is 25.1 Å². The fourth-order valence-electron chi connectivity index (χ4n) is 2.94. The Bertz CT molecular complexity index is 912. The van der Waals surface area contributed by atoms with Gasteiger partial charge in [0.2, 0.25) is 5.95 Å². The third kappa shape index (κ3) is 3.66. The Balaban J connectivity index is 1.93. The molecule has 2 aromatic rings. The summed E-state index contributed by atoms with van der Waals surface area (Å²) in [6, 6.07) is 1.46. The smallest absolute Gasteiger partial charge is 0.314 e. The number of hydrogen-bond acceptors (Lipinski definition) is 5. The molecule has 9 heteroatoms. The SMILES string of the molecule is Cc1cc(NC(=O)C(=O)NC(C)C)n(-c2nc3c(c(=O)[nH]2)CCCC3)n1. The number of nitrogens with zero attached hydrogens (tertiary/aromatic N) is 3. The van der Waals surface area contributed by atoms with Crippen LogP contribution in [0.1, 0.15) is 43.6 Å². The Morgan fingerprint density at radius 3 is 2.69 bits per heavy atom. The average Bonchev–Trinajstić information content (AvgIpc) is 2.94. The van der Waals surface area contributed by atoms with Crippen molar-refractivity contribution in [2.45, 2.75) is 52.5 Å². The minimum atomic E-state index is -0.805. The third-order valence-electron chi connectivity index (χ3n) is 4.08. The van der Waals surface area contributed by atoms with Gasteiger partial charge in [-0.05, 0) is 46.5 Å². The normalized spacial score (nSPS) is 13.4. The minimum Gasteiger partial charge on any atom is -0.346 e. The van der Waals surface area contributed by atoms with E-state index in [1.54, 1.807) is 26.8 Å². The van der Waals surface area contributed by atoms with Crippen molar-refractivity contribution in [3.8, 4) is 5.95 Å². The van der Waals surface area contributed by atoms with Crippen molar-refractivity contribution in [3.05, 3.63) is 33.4 Å². The second kappa shape index (κ2) is 7.11. The van der Waals surface area contributed by atoms with Gasteiger partial charge in [-0.15, -0.1) is 0 Å². The molecule has 3 rings (SSSR count). The van der Waals surface area contributed by atoms with E-state index in [0.717, 1.165) is 31.4 Å². The van der Waals surface area contributed by atoms with Gasteiger partial charge in [0.05, 0.1) is 11.4 Å². The molecule has 2 heterocycles. The molecule has 0 unspecified atom stereocenters. The zero-order valence-electron chi connectivity index (χ0n) is 15.0. The fourth-order valence-corrected chi connectivity index (χ4v) is 2.94. The van der Waals surface area contributed by atoms with Crippen LogP contribution in [0.2, 0.25) is 0 Å². The van der Waals surface area contributed by atoms with Crippen LogP contribution < -0.4 is 16.2 Å². The summed E-state index contributed by atoms with van der Waals surface area (Å²) in [5.41, 5.74) is 1.90. The van der Waals surface area contributed by atoms with E-state index in [9.17, 15) is 14.4 Å². The third-order valence-corrected chi connectivity index (χ3v) is 4.08. The largest absolute Gasteiger partial charge is 0.346 e. The van der Waals surface area contributed by atoms with E-state index in [0.29, 0.717) is 11.3 Å². The number of aromatic amines is 1. The predicted molar refractivity (Wildman–Crippen MR) is 95.3 cm³/mol. The number of rotatable bonds is 3. The molecular weight excluding hydrogens is 336 g/mol. The van der Waals surface area contributed by atoms with Crippen LogP contribution in [-0.4, -0.2) is 37.6 Å². The lowest BCUT2D eigenvalue weighted by molar-refractivity contribution is -0.136. The molecule has 138 valence electrons. The van der Waals surface area contributed by atoms with Gasteiger partial charge in [0.15, 0.2) is 0 Å². The lowest BCUT2D eigenvalue weighted by atomic mass is 9.97. The minimum absolute atomic E-state index is 0.154. The van der Waals surface area contributed by atoms with Crippen molar-refractivity contribution in [2.24, 2.45) is 0 Å². The van der Waals surface area contributed by atoms with Crippen molar-refractivity contribution in [1.29, 1.82) is 0 Å². The number of aryl methyl sites for hydroxylation is 2. The lowest BCUT2D eigenvalue weighted by Gasteiger charge is -2.15. The van der Waals surface area contributed by atoms with Crippen LogP contribution in [-0.2, 0) is 22.4 Å². The molecule has 0 spiro atoms. The first-order valence-corrected chi connectivity index (χ1v) is 8.66. The van der Waals surface area contributed by atoms with Gasteiger partial charge in [-0.2, -0.15) is 9.78 Å². The van der Waals surface area contributed by atoms with Crippen LogP contribution in [0.4, 0.5) is 5.82 Å². The maximum absolute atomic E-state index is 12.3. The van der Waals surface area contributed by atoms with Gasteiger partial charge in [-0.25, -0.2) is 4.98 Å². The van der Waals surface area contributed by atoms with Crippen molar-refractivity contribution >= 4 is 17.6 Å². The molecule has 1 aliphatic rings. The van der Waals surface area contributed by atoms with E-state index in [4.69, 9.17) is 0 Å². The number of nitrogens with one attached hydrogen (secondary N) is 3. The topological polar surface area (TPSA) is 122 Å². The van der Waals surface area contributed by atoms with E-state index in [-0.39, 0.29) is 23.4 Å². The van der Waals surface area contributed by atoms with Gasteiger partial charge in [-0.1, -0.05) is 0 Å². The second-order valence-corrected chi connectivity index (χ2v) is 6.69. The summed E-state index contributed by atoms with van der Waals surface area (Å²) in [7, 11) is 0. The standard InChI is InChI=1S/C17H22N6O3/c1-9(2)18-15(25)16(26)20-13-8-10(3)22-23(13)17-19-12-7-5-4-6-11(12)14(24)21-17/h8-9H,4-7H2,1-3H3,(H,18,25)(H,20,26)(H,19,21,24). The molecule has 9 nitrogen and oxygen atoms in total. The first-order valence-electron chi connectivity index (χ1n) is 8.66. The molecule has 2 aromatic heterocycles. The summed E-state index contributed by atoms with van der Waals surface area (Å²) in [5.74, 6) is -1.05. The van der Waals surface area contributed by atoms with Crippen molar-refractivity contribution in [3.63, 3.8) is 0 Å². The highest BCUT2D eigenvalue weighted by molar-refractivity contribution is 6.39. The van der Waals surface area contributed by atoms with Gasteiger partial charge >= 0.3 is 11.8 Å². The molecular formula is C17H22N6O3. The molecule has 0 aromatic carbocycles. The molecule has 0 radical (unpaired) electrons. The first kappa shape index (κ1) is 17.8. The van der Waals surface area contributed by atoms with E-state index in [1.807, 2.05) is 0 Å². The first-order chi connectivity index (χ1) is 12.3. The van der Waals surface area contributed by atoms with E-state index >= 15 is 0 Å². The fraction of sp³-hybridized carbons (Fsp3) is 0.471. The maximum atomic E-state index is 12.3. The number of fused-ring (bicyclic) bond motifs is 1. The molecule has 0 bridgehead atoms. The molecule has 1 aliphatic carbocycles. The summed E-state index contributed by atoms with van der Waals surface area (Å²) in [6.07, 6.45) is 3.42.